The first kappa shape index (κ1) is 13.0. The highest BCUT2D eigenvalue weighted by molar-refractivity contribution is 5.86. The Balaban J connectivity index is 2.02. The molecule has 0 aliphatic carbocycles. The van der Waals surface area contributed by atoms with Gasteiger partial charge in [-0.05, 0) is 12.8 Å². The zero-order chi connectivity index (χ0) is 13.2. The second-order valence-corrected chi connectivity index (χ2v) is 4.88. The molecular formula is C12H20N4O2. The van der Waals surface area contributed by atoms with Crippen molar-refractivity contribution in [1.29, 1.82) is 0 Å². The number of imidazole rings is 1. The van der Waals surface area contributed by atoms with Crippen molar-refractivity contribution in [2.75, 3.05) is 20.3 Å². The third-order valence-corrected chi connectivity index (χ3v) is 3.46. The molecule has 2 N–H and O–H groups in total. The minimum atomic E-state index is -0.780. The van der Waals surface area contributed by atoms with Gasteiger partial charge in [-0.15, -0.1) is 0 Å². The zero-order valence-corrected chi connectivity index (χ0v) is 10.9. The highest BCUT2D eigenvalue weighted by Gasteiger charge is 2.38. The summed E-state index contributed by atoms with van der Waals surface area (Å²) < 4.78 is 7.15. The molecule has 2 heterocycles. The molecule has 1 aliphatic rings. The highest BCUT2D eigenvalue weighted by atomic mass is 16.5. The fourth-order valence-electron chi connectivity index (χ4n) is 2.16. The van der Waals surface area contributed by atoms with Gasteiger partial charge in [0.1, 0.15) is 5.82 Å². The Labute approximate surface area is 107 Å². The average molecular weight is 252 g/mol. The minimum Gasteiger partial charge on any atom is -0.381 e. The monoisotopic (exact) mass is 252 g/mol. The molecule has 18 heavy (non-hydrogen) atoms. The van der Waals surface area contributed by atoms with Crippen LogP contribution in [0.3, 0.4) is 0 Å². The minimum absolute atomic E-state index is 0.0335. The predicted octanol–water partition coefficient (Wildman–Crippen LogP) is -0.114. The quantitative estimate of drug-likeness (QED) is 0.814. The van der Waals surface area contributed by atoms with Crippen molar-refractivity contribution in [2.24, 2.45) is 12.8 Å². The third-order valence-electron chi connectivity index (χ3n) is 3.46. The van der Waals surface area contributed by atoms with E-state index in [1.807, 2.05) is 17.8 Å². The molecule has 1 aromatic heterocycles. The van der Waals surface area contributed by atoms with Crippen LogP contribution in [0.15, 0.2) is 12.4 Å². The number of nitrogens with zero attached hydrogens (tertiary/aromatic N) is 3. The number of amides is 1. The summed E-state index contributed by atoms with van der Waals surface area (Å²) in [6.07, 6.45) is 4.74. The first-order valence-electron chi connectivity index (χ1n) is 6.11. The zero-order valence-electron chi connectivity index (χ0n) is 10.9. The number of aromatic nitrogens is 2. The van der Waals surface area contributed by atoms with Gasteiger partial charge in [-0.1, -0.05) is 0 Å². The molecule has 0 aromatic carbocycles. The topological polar surface area (TPSA) is 73.4 Å². The predicted molar refractivity (Wildman–Crippen MR) is 66.7 cm³/mol. The standard InChI is InChI=1S/C12H20N4O2/c1-15-6-5-14-10(15)9-16(2)11(17)12(13)3-7-18-8-4-12/h5-6H,3-4,7-9,13H2,1-2H3. The fourth-order valence-corrected chi connectivity index (χ4v) is 2.16. The molecule has 1 fully saturated rings. The van der Waals surface area contributed by atoms with Gasteiger partial charge in [0.15, 0.2) is 0 Å². The molecule has 0 spiro atoms. The average Bonchev–Trinajstić information content (AvgIpc) is 2.75. The number of aryl methyl sites for hydroxylation is 1. The highest BCUT2D eigenvalue weighted by Crippen LogP contribution is 2.20. The van der Waals surface area contributed by atoms with Crippen molar-refractivity contribution in [2.45, 2.75) is 24.9 Å². The lowest BCUT2D eigenvalue weighted by atomic mass is 9.90. The largest absolute Gasteiger partial charge is 0.381 e. The van der Waals surface area contributed by atoms with Crippen LogP contribution in [0.5, 0.6) is 0 Å². The van der Waals surface area contributed by atoms with Gasteiger partial charge in [0.25, 0.3) is 0 Å². The van der Waals surface area contributed by atoms with Crippen LogP contribution in [-0.2, 0) is 23.1 Å². The Morgan fingerprint density at radius 1 is 1.61 bits per heavy atom. The van der Waals surface area contributed by atoms with Crippen molar-refractivity contribution in [3.63, 3.8) is 0 Å². The molecule has 0 atom stereocenters. The van der Waals surface area contributed by atoms with Crippen molar-refractivity contribution < 1.29 is 9.53 Å². The van der Waals surface area contributed by atoms with Gasteiger partial charge < -0.3 is 19.9 Å². The summed E-state index contributed by atoms with van der Waals surface area (Å²) in [5, 5.41) is 0. The van der Waals surface area contributed by atoms with Crippen molar-refractivity contribution in [1.82, 2.24) is 14.5 Å². The van der Waals surface area contributed by atoms with Gasteiger partial charge in [0.05, 0.1) is 12.1 Å². The van der Waals surface area contributed by atoms with E-state index >= 15 is 0 Å². The number of hydrogen-bond acceptors (Lipinski definition) is 4. The summed E-state index contributed by atoms with van der Waals surface area (Å²) >= 11 is 0. The lowest BCUT2D eigenvalue weighted by Gasteiger charge is -2.35. The van der Waals surface area contributed by atoms with Crippen LogP contribution in [0.25, 0.3) is 0 Å². The molecular weight excluding hydrogens is 232 g/mol. The van der Waals surface area contributed by atoms with Crippen LogP contribution >= 0.6 is 0 Å². The smallest absolute Gasteiger partial charge is 0.242 e. The summed E-state index contributed by atoms with van der Waals surface area (Å²) in [6, 6.07) is 0. The van der Waals surface area contributed by atoms with E-state index in [2.05, 4.69) is 4.98 Å². The molecule has 0 unspecified atom stereocenters. The van der Waals surface area contributed by atoms with Crippen LogP contribution < -0.4 is 5.73 Å². The molecule has 6 nitrogen and oxygen atoms in total. The molecule has 1 aromatic rings. The van der Waals surface area contributed by atoms with Gasteiger partial charge in [-0.2, -0.15) is 0 Å². The second kappa shape index (κ2) is 5.07. The SMILES string of the molecule is CN(Cc1nccn1C)C(=O)C1(N)CCOCC1. The maximum atomic E-state index is 12.4. The first-order chi connectivity index (χ1) is 8.53. The van der Waals surface area contributed by atoms with Gasteiger partial charge in [0, 0.05) is 39.7 Å². The van der Waals surface area contributed by atoms with Crippen LogP contribution in [0.4, 0.5) is 0 Å². The van der Waals surface area contributed by atoms with E-state index in [4.69, 9.17) is 10.5 Å². The van der Waals surface area contributed by atoms with Gasteiger partial charge >= 0.3 is 0 Å². The van der Waals surface area contributed by atoms with E-state index in [0.29, 0.717) is 32.6 Å². The summed E-state index contributed by atoms with van der Waals surface area (Å²) in [6.45, 7) is 1.58. The second-order valence-electron chi connectivity index (χ2n) is 4.88. The number of ether oxygens (including phenoxy) is 1. The Morgan fingerprint density at radius 3 is 2.83 bits per heavy atom. The summed E-state index contributed by atoms with van der Waals surface area (Å²) in [4.78, 5) is 18.2. The van der Waals surface area contributed by atoms with E-state index in [9.17, 15) is 4.79 Å². The normalized spacial score (nSPS) is 18.6. The molecule has 1 saturated heterocycles. The molecule has 6 heteroatoms. The Bertz CT molecular complexity index is 423. The van der Waals surface area contributed by atoms with Crippen molar-refractivity contribution in [3.05, 3.63) is 18.2 Å². The van der Waals surface area contributed by atoms with Gasteiger partial charge in [-0.3, -0.25) is 4.79 Å². The Morgan fingerprint density at radius 2 is 2.28 bits per heavy atom. The number of hydrogen-bond donors (Lipinski definition) is 1. The molecule has 2 rings (SSSR count). The lowest BCUT2D eigenvalue weighted by Crippen LogP contribution is -2.57. The maximum absolute atomic E-state index is 12.4. The van der Waals surface area contributed by atoms with E-state index in [1.54, 1.807) is 18.1 Å². The summed E-state index contributed by atoms with van der Waals surface area (Å²) in [7, 11) is 3.67. The van der Waals surface area contributed by atoms with E-state index in [-0.39, 0.29) is 5.91 Å². The molecule has 100 valence electrons. The number of rotatable bonds is 3. The third kappa shape index (κ3) is 2.54. The van der Waals surface area contributed by atoms with E-state index in [1.165, 1.54) is 0 Å². The van der Waals surface area contributed by atoms with E-state index in [0.717, 1.165) is 5.82 Å². The van der Waals surface area contributed by atoms with Crippen LogP contribution in [0.2, 0.25) is 0 Å². The molecule has 0 radical (unpaired) electrons. The summed E-state index contributed by atoms with van der Waals surface area (Å²) in [5.74, 6) is 0.815. The fraction of sp³-hybridized carbons (Fsp3) is 0.667. The van der Waals surface area contributed by atoms with Gasteiger partial charge in [-0.25, -0.2) is 4.98 Å². The van der Waals surface area contributed by atoms with Crippen molar-refractivity contribution in [3.8, 4) is 0 Å². The molecule has 0 bridgehead atoms. The number of likely N-dealkylation sites (N-methyl/N-ethyl adjacent to an activating group) is 1. The number of nitrogens with two attached hydrogens (primary N) is 1. The lowest BCUT2D eigenvalue weighted by molar-refractivity contribution is -0.139. The Kier molecular flexibility index (Phi) is 3.68. The van der Waals surface area contributed by atoms with E-state index < -0.39 is 5.54 Å². The molecule has 1 aliphatic heterocycles. The summed E-state index contributed by atoms with van der Waals surface area (Å²) in [5.41, 5.74) is 5.39. The maximum Gasteiger partial charge on any atom is 0.242 e. The molecule has 0 saturated carbocycles. The van der Waals surface area contributed by atoms with Crippen LogP contribution in [0, 0.1) is 0 Å². The molecule has 1 amide bonds. The Hall–Kier alpha value is -1.40. The van der Waals surface area contributed by atoms with Gasteiger partial charge in [0.2, 0.25) is 5.91 Å². The number of carbonyl (C=O) groups excluding carboxylic acids is 1. The van der Waals surface area contributed by atoms with Crippen LogP contribution in [-0.4, -0.2) is 46.2 Å². The first-order valence-corrected chi connectivity index (χ1v) is 6.11. The number of carbonyl (C=O) groups is 1. The van der Waals surface area contributed by atoms with Crippen LogP contribution in [0.1, 0.15) is 18.7 Å². The van der Waals surface area contributed by atoms with Crippen molar-refractivity contribution >= 4 is 5.91 Å².